The van der Waals surface area contributed by atoms with E-state index in [9.17, 15) is 13.2 Å². The first-order valence-electron chi connectivity index (χ1n) is 12.8. The van der Waals surface area contributed by atoms with Crippen LogP contribution in [0.4, 0.5) is 5.69 Å². The van der Waals surface area contributed by atoms with Gasteiger partial charge in [0.1, 0.15) is 5.75 Å². The molecule has 0 bridgehead atoms. The van der Waals surface area contributed by atoms with Crippen molar-refractivity contribution in [2.24, 2.45) is 0 Å². The molecule has 204 valence electrons. The van der Waals surface area contributed by atoms with Crippen molar-refractivity contribution in [3.05, 3.63) is 102 Å². The number of methoxy groups -OCH3 is 1. The van der Waals surface area contributed by atoms with Crippen molar-refractivity contribution in [2.75, 3.05) is 38.2 Å². The fourth-order valence-corrected chi connectivity index (χ4v) is 5.71. The number of hydrogen-bond donors (Lipinski definition) is 0. The van der Waals surface area contributed by atoms with Crippen molar-refractivity contribution >= 4 is 21.4 Å². The summed E-state index contributed by atoms with van der Waals surface area (Å²) in [6.45, 7) is 1.07. The summed E-state index contributed by atoms with van der Waals surface area (Å²) < 4.78 is 41.4. The monoisotopic (exact) mass is 548 g/mol. The van der Waals surface area contributed by atoms with Crippen LogP contribution in [0.2, 0.25) is 0 Å². The number of nitrogens with zero attached hydrogens (tertiary/aromatic N) is 2. The van der Waals surface area contributed by atoms with Gasteiger partial charge in [-0.15, -0.1) is 0 Å². The Morgan fingerprint density at radius 2 is 1.72 bits per heavy atom. The van der Waals surface area contributed by atoms with Crippen LogP contribution in [-0.2, 0) is 29.7 Å². The zero-order valence-electron chi connectivity index (χ0n) is 22.0. The first kappa shape index (κ1) is 26.9. The van der Waals surface area contributed by atoms with Gasteiger partial charge >= 0.3 is 0 Å². The zero-order valence-corrected chi connectivity index (χ0v) is 22.8. The minimum absolute atomic E-state index is 0.184. The molecule has 39 heavy (non-hydrogen) atoms. The van der Waals surface area contributed by atoms with E-state index in [1.54, 1.807) is 37.6 Å². The Bertz CT molecular complexity index is 1430. The van der Waals surface area contributed by atoms with E-state index in [0.717, 1.165) is 24.0 Å². The third kappa shape index (κ3) is 5.71. The molecule has 1 unspecified atom stereocenters. The van der Waals surface area contributed by atoms with Gasteiger partial charge in [-0.1, -0.05) is 42.5 Å². The Hall–Kier alpha value is -3.66. The maximum Gasteiger partial charge on any atom is 0.283 e. The summed E-state index contributed by atoms with van der Waals surface area (Å²) in [5.74, 6) is 0.311. The van der Waals surface area contributed by atoms with Gasteiger partial charge in [0, 0.05) is 45.6 Å². The molecule has 2 heterocycles. The molecule has 3 aromatic carbocycles. The SMILES string of the molecule is COC1(c2cccc(OCC(=O)N3C=CC(c4ccccc4)N3c3ccc(S(C)(=O)=O)cc3)c2)CCOCC1. The van der Waals surface area contributed by atoms with E-state index in [1.165, 1.54) is 11.3 Å². The van der Waals surface area contributed by atoms with Crippen LogP contribution in [0, 0.1) is 0 Å². The minimum atomic E-state index is -3.35. The summed E-state index contributed by atoms with van der Waals surface area (Å²) in [5.41, 5.74) is 2.23. The standard InChI is InChI=1S/C30H32N2O6S/c1-36-30(16-19-37-20-17-30)24-9-6-10-26(21-24)38-22-29(33)31-18-15-28(23-7-4-3-5-8-23)32(31)25-11-13-27(14-12-25)39(2,34)35/h3-15,18,21,28H,16-17,19-20,22H2,1-2H3. The summed E-state index contributed by atoms with van der Waals surface area (Å²) in [7, 11) is -1.64. The van der Waals surface area contributed by atoms with Crippen molar-refractivity contribution in [2.45, 2.75) is 29.4 Å². The number of carbonyl (C=O) groups is 1. The number of benzene rings is 3. The Labute approximate surface area is 229 Å². The van der Waals surface area contributed by atoms with Gasteiger partial charge in [-0.05, 0) is 53.6 Å². The third-order valence-corrected chi connectivity index (χ3v) is 8.37. The second-order valence-electron chi connectivity index (χ2n) is 9.67. The Balaban J connectivity index is 1.36. The van der Waals surface area contributed by atoms with Gasteiger partial charge in [0.15, 0.2) is 16.4 Å². The van der Waals surface area contributed by atoms with E-state index in [4.69, 9.17) is 14.2 Å². The van der Waals surface area contributed by atoms with Crippen molar-refractivity contribution in [3.8, 4) is 5.75 Å². The van der Waals surface area contributed by atoms with Crippen molar-refractivity contribution in [3.63, 3.8) is 0 Å². The number of hydrazine groups is 1. The van der Waals surface area contributed by atoms with Crippen LogP contribution in [0.1, 0.15) is 30.0 Å². The summed E-state index contributed by atoms with van der Waals surface area (Å²) in [4.78, 5) is 13.7. The molecule has 2 aliphatic rings. The van der Waals surface area contributed by atoms with Crippen molar-refractivity contribution in [1.29, 1.82) is 0 Å². The average Bonchev–Trinajstić information content (AvgIpc) is 3.42. The number of amides is 1. The highest BCUT2D eigenvalue weighted by Gasteiger charge is 2.35. The van der Waals surface area contributed by atoms with Crippen molar-refractivity contribution < 1.29 is 27.4 Å². The van der Waals surface area contributed by atoms with E-state index in [0.29, 0.717) is 24.7 Å². The molecule has 1 atom stereocenters. The normalized spacial score (nSPS) is 18.8. The maximum absolute atomic E-state index is 13.5. The Kier molecular flexibility index (Phi) is 7.74. The fraction of sp³-hybridized carbons (Fsp3) is 0.300. The number of anilines is 1. The van der Waals surface area contributed by atoms with Gasteiger partial charge in [0.05, 0.1) is 22.2 Å². The maximum atomic E-state index is 13.5. The van der Waals surface area contributed by atoms with Gasteiger partial charge in [-0.25, -0.2) is 13.4 Å². The van der Waals surface area contributed by atoms with E-state index in [-0.39, 0.29) is 23.5 Å². The minimum Gasteiger partial charge on any atom is -0.484 e. The Morgan fingerprint density at radius 3 is 2.38 bits per heavy atom. The molecule has 0 N–H and O–H groups in total. The molecule has 0 aliphatic carbocycles. The lowest BCUT2D eigenvalue weighted by atomic mass is 9.86. The smallest absolute Gasteiger partial charge is 0.283 e. The molecule has 0 aromatic heterocycles. The highest BCUT2D eigenvalue weighted by Crippen LogP contribution is 2.38. The third-order valence-electron chi connectivity index (χ3n) is 7.24. The number of ether oxygens (including phenoxy) is 3. The first-order valence-corrected chi connectivity index (χ1v) is 14.7. The second-order valence-corrected chi connectivity index (χ2v) is 11.7. The highest BCUT2D eigenvalue weighted by atomic mass is 32.2. The van der Waals surface area contributed by atoms with E-state index in [2.05, 4.69) is 0 Å². The van der Waals surface area contributed by atoms with Crippen LogP contribution in [0.25, 0.3) is 0 Å². The highest BCUT2D eigenvalue weighted by molar-refractivity contribution is 7.90. The quantitative estimate of drug-likeness (QED) is 0.405. The van der Waals surface area contributed by atoms with E-state index >= 15 is 0 Å². The number of hydrogen-bond acceptors (Lipinski definition) is 7. The molecule has 2 aliphatic heterocycles. The lowest BCUT2D eigenvalue weighted by molar-refractivity contribution is -0.131. The van der Waals surface area contributed by atoms with Crippen molar-refractivity contribution in [1.82, 2.24) is 5.01 Å². The molecule has 1 saturated heterocycles. The topological polar surface area (TPSA) is 85.4 Å². The number of sulfone groups is 1. The second kappa shape index (κ2) is 11.2. The molecule has 1 fully saturated rings. The summed E-state index contributed by atoms with van der Waals surface area (Å²) in [6.07, 6.45) is 6.33. The fourth-order valence-electron chi connectivity index (χ4n) is 5.08. The predicted molar refractivity (Wildman–Crippen MR) is 148 cm³/mol. The summed E-state index contributed by atoms with van der Waals surface area (Å²) >= 11 is 0. The van der Waals surface area contributed by atoms with Crippen LogP contribution in [0.3, 0.4) is 0 Å². The van der Waals surface area contributed by atoms with E-state index in [1.807, 2.05) is 65.7 Å². The summed E-state index contributed by atoms with van der Waals surface area (Å²) in [6, 6.07) is 23.8. The largest absolute Gasteiger partial charge is 0.484 e. The molecular weight excluding hydrogens is 516 g/mol. The van der Waals surface area contributed by atoms with Gasteiger partial charge in [-0.3, -0.25) is 9.80 Å². The lowest BCUT2D eigenvalue weighted by Crippen LogP contribution is -2.43. The first-order chi connectivity index (χ1) is 18.8. The van der Waals surface area contributed by atoms with Crippen LogP contribution < -0.4 is 9.75 Å². The molecule has 3 aromatic rings. The van der Waals surface area contributed by atoms with Gasteiger partial charge in [-0.2, -0.15) is 0 Å². The number of rotatable bonds is 8. The Morgan fingerprint density at radius 1 is 1.00 bits per heavy atom. The number of carbonyl (C=O) groups excluding carboxylic acids is 1. The van der Waals surface area contributed by atoms with Gasteiger partial charge in [0.2, 0.25) is 0 Å². The average molecular weight is 549 g/mol. The van der Waals surface area contributed by atoms with Crippen LogP contribution in [0.5, 0.6) is 5.75 Å². The molecule has 5 rings (SSSR count). The molecule has 0 saturated carbocycles. The molecule has 1 amide bonds. The summed E-state index contributed by atoms with van der Waals surface area (Å²) in [5, 5.41) is 3.36. The van der Waals surface area contributed by atoms with Crippen LogP contribution >= 0.6 is 0 Å². The molecule has 0 spiro atoms. The van der Waals surface area contributed by atoms with Crippen LogP contribution in [-0.4, -0.2) is 52.5 Å². The molecule has 9 heteroatoms. The molecular formula is C30H32N2O6S. The molecule has 8 nitrogen and oxygen atoms in total. The van der Waals surface area contributed by atoms with Gasteiger partial charge in [0.25, 0.3) is 5.91 Å². The predicted octanol–water partition coefficient (Wildman–Crippen LogP) is 4.64. The lowest BCUT2D eigenvalue weighted by Gasteiger charge is -2.36. The van der Waals surface area contributed by atoms with Gasteiger partial charge < -0.3 is 14.2 Å². The van der Waals surface area contributed by atoms with Crippen LogP contribution in [0.15, 0.2) is 96.0 Å². The molecule has 0 radical (unpaired) electrons. The zero-order chi connectivity index (χ0) is 27.5. The van der Waals surface area contributed by atoms with E-state index < -0.39 is 15.4 Å².